The van der Waals surface area contributed by atoms with Gasteiger partial charge < -0.3 is 15.4 Å². The van der Waals surface area contributed by atoms with Crippen molar-refractivity contribution in [2.75, 3.05) is 4.90 Å². The molecule has 1 atom stereocenters. The molecular weight excluding hydrogens is 457 g/mol. The van der Waals surface area contributed by atoms with Crippen LogP contribution >= 0.6 is 0 Å². The van der Waals surface area contributed by atoms with Crippen LogP contribution in [0.2, 0.25) is 0 Å². The van der Waals surface area contributed by atoms with Crippen LogP contribution in [-0.4, -0.2) is 15.7 Å². The first-order valence-corrected chi connectivity index (χ1v) is 11.4. The first-order valence-electron chi connectivity index (χ1n) is 11.4. The van der Waals surface area contributed by atoms with Gasteiger partial charge in [0.2, 0.25) is 17.7 Å². The fraction of sp³-hybridized carbons (Fsp3) is 0.107. The van der Waals surface area contributed by atoms with Gasteiger partial charge in [0.15, 0.2) is 0 Å². The minimum Gasteiger partial charge on any atom is -0.422 e. The second-order valence-electron chi connectivity index (χ2n) is 8.75. The Morgan fingerprint density at radius 2 is 1.75 bits per heavy atom. The molecule has 176 valence electrons. The fourth-order valence-electron chi connectivity index (χ4n) is 5.25. The maximum Gasteiger partial charge on any atom is 0.248 e. The van der Waals surface area contributed by atoms with E-state index < -0.39 is 5.41 Å². The van der Waals surface area contributed by atoms with Crippen molar-refractivity contribution >= 4 is 11.6 Å². The molecule has 1 aromatic heterocycles. The first-order chi connectivity index (χ1) is 17.5. The molecule has 1 unspecified atom stereocenters. The number of carbonyl (C=O) groups is 1. The standard InChI is InChI=1S/C28H20FN5O2/c1-17-24-26(34(32-17)20-7-3-2-4-8-20)36-25(31)22(15-30)28(24)21-9-5-6-10-23(21)33(27(28)35)16-18-11-13-19(29)14-12-18/h2-14H,16,31H2,1H3. The molecule has 3 aromatic carbocycles. The number of nitriles is 1. The summed E-state index contributed by atoms with van der Waals surface area (Å²) in [5.41, 5.74) is 8.59. The van der Waals surface area contributed by atoms with E-state index in [4.69, 9.17) is 15.6 Å². The number of hydrogen-bond acceptors (Lipinski definition) is 5. The monoisotopic (exact) mass is 477 g/mol. The third-order valence-corrected chi connectivity index (χ3v) is 6.75. The van der Waals surface area contributed by atoms with Gasteiger partial charge in [-0.3, -0.25) is 4.79 Å². The van der Waals surface area contributed by atoms with Crippen LogP contribution < -0.4 is 15.4 Å². The maximum atomic E-state index is 14.5. The molecule has 8 heteroatoms. The van der Waals surface area contributed by atoms with Gasteiger partial charge in [-0.1, -0.05) is 48.5 Å². The number of fused-ring (bicyclic) bond motifs is 4. The Morgan fingerprint density at radius 1 is 1.06 bits per heavy atom. The maximum absolute atomic E-state index is 14.5. The molecule has 0 bridgehead atoms. The lowest BCUT2D eigenvalue weighted by Crippen LogP contribution is -2.46. The second kappa shape index (κ2) is 7.82. The van der Waals surface area contributed by atoms with Gasteiger partial charge in [0.1, 0.15) is 22.9 Å². The third-order valence-electron chi connectivity index (χ3n) is 6.75. The van der Waals surface area contributed by atoms with Crippen LogP contribution in [0.25, 0.3) is 5.69 Å². The van der Waals surface area contributed by atoms with Crippen molar-refractivity contribution in [3.63, 3.8) is 0 Å². The van der Waals surface area contributed by atoms with Crippen molar-refractivity contribution in [2.24, 2.45) is 5.73 Å². The van der Waals surface area contributed by atoms with E-state index in [1.807, 2.05) is 54.6 Å². The number of nitrogens with zero attached hydrogens (tertiary/aromatic N) is 4. The van der Waals surface area contributed by atoms with Crippen LogP contribution in [0.4, 0.5) is 10.1 Å². The smallest absolute Gasteiger partial charge is 0.248 e. The average Bonchev–Trinajstić information content (AvgIpc) is 3.34. The van der Waals surface area contributed by atoms with E-state index in [0.29, 0.717) is 28.4 Å². The quantitative estimate of drug-likeness (QED) is 0.476. The highest BCUT2D eigenvalue weighted by molar-refractivity contribution is 6.14. The number of ether oxygens (including phenoxy) is 1. The molecule has 1 spiro atoms. The summed E-state index contributed by atoms with van der Waals surface area (Å²) in [6.07, 6.45) is 0. The van der Waals surface area contributed by atoms with Crippen molar-refractivity contribution in [1.82, 2.24) is 9.78 Å². The molecule has 1 amide bonds. The first kappa shape index (κ1) is 21.6. The van der Waals surface area contributed by atoms with Crippen LogP contribution in [0, 0.1) is 24.1 Å². The average molecular weight is 477 g/mol. The number of benzene rings is 3. The van der Waals surface area contributed by atoms with Crippen LogP contribution in [0.3, 0.4) is 0 Å². The summed E-state index contributed by atoms with van der Waals surface area (Å²) in [5, 5.41) is 15.0. The molecule has 36 heavy (non-hydrogen) atoms. The van der Waals surface area contributed by atoms with Crippen molar-refractivity contribution in [3.8, 4) is 17.6 Å². The van der Waals surface area contributed by atoms with E-state index >= 15 is 0 Å². The van der Waals surface area contributed by atoms with E-state index in [9.17, 15) is 14.4 Å². The van der Waals surface area contributed by atoms with Gasteiger partial charge in [0.05, 0.1) is 23.5 Å². The van der Waals surface area contributed by atoms with Gasteiger partial charge in [0, 0.05) is 11.3 Å². The number of aromatic nitrogens is 2. The molecule has 2 aliphatic rings. The normalized spacial score (nSPS) is 18.1. The van der Waals surface area contributed by atoms with Crippen molar-refractivity contribution in [3.05, 3.63) is 119 Å². The number of aryl methyl sites for hydroxylation is 1. The zero-order chi connectivity index (χ0) is 25.0. The van der Waals surface area contributed by atoms with Gasteiger partial charge >= 0.3 is 0 Å². The topological polar surface area (TPSA) is 97.2 Å². The second-order valence-corrected chi connectivity index (χ2v) is 8.75. The molecule has 6 rings (SSSR count). The molecule has 3 heterocycles. The molecule has 0 fully saturated rings. The number of para-hydroxylation sites is 2. The van der Waals surface area contributed by atoms with Gasteiger partial charge in [0.25, 0.3) is 0 Å². The largest absolute Gasteiger partial charge is 0.422 e. The Hall–Kier alpha value is -4.90. The third kappa shape index (κ3) is 2.83. The van der Waals surface area contributed by atoms with Crippen molar-refractivity contribution < 1.29 is 13.9 Å². The fourth-order valence-corrected chi connectivity index (χ4v) is 5.25. The van der Waals surface area contributed by atoms with Gasteiger partial charge in [-0.2, -0.15) is 10.4 Å². The SMILES string of the molecule is Cc1nn(-c2ccccc2)c2c1C1(C(=O)N(Cc3ccc(F)cc3)c3ccccc31)C(C#N)=C(N)O2. The predicted octanol–water partition coefficient (Wildman–Crippen LogP) is 4.24. The van der Waals surface area contributed by atoms with Gasteiger partial charge in [-0.05, 0) is 42.8 Å². The van der Waals surface area contributed by atoms with Crippen LogP contribution in [-0.2, 0) is 16.8 Å². The number of halogens is 1. The molecular formula is C28H20FN5O2. The molecule has 2 aliphatic heterocycles. The number of rotatable bonds is 3. The summed E-state index contributed by atoms with van der Waals surface area (Å²) in [5.74, 6) is -0.549. The molecule has 0 radical (unpaired) electrons. The lowest BCUT2D eigenvalue weighted by molar-refractivity contribution is -0.121. The summed E-state index contributed by atoms with van der Waals surface area (Å²) < 4.78 is 21.1. The number of amides is 1. The number of anilines is 1. The minimum absolute atomic E-state index is 0.0183. The Labute approximate surface area is 206 Å². The predicted molar refractivity (Wildman–Crippen MR) is 131 cm³/mol. The lowest BCUT2D eigenvalue weighted by Gasteiger charge is -2.33. The highest BCUT2D eigenvalue weighted by Gasteiger charge is 2.61. The molecule has 4 aromatic rings. The number of hydrogen-bond donors (Lipinski definition) is 1. The van der Waals surface area contributed by atoms with Crippen LogP contribution in [0.5, 0.6) is 5.88 Å². The summed E-state index contributed by atoms with van der Waals surface area (Å²) in [7, 11) is 0. The van der Waals surface area contributed by atoms with Crippen LogP contribution in [0.15, 0.2) is 90.3 Å². The Morgan fingerprint density at radius 3 is 2.47 bits per heavy atom. The van der Waals surface area contributed by atoms with E-state index in [-0.39, 0.29) is 29.7 Å². The Balaban J connectivity index is 1.62. The summed E-state index contributed by atoms with van der Waals surface area (Å²) in [6, 6.07) is 24.9. The molecule has 2 N–H and O–H groups in total. The van der Waals surface area contributed by atoms with Crippen molar-refractivity contribution in [2.45, 2.75) is 18.9 Å². The highest BCUT2D eigenvalue weighted by Crippen LogP contribution is 2.56. The van der Waals surface area contributed by atoms with Crippen LogP contribution in [0.1, 0.15) is 22.4 Å². The Kier molecular flexibility index (Phi) is 4.70. The van der Waals surface area contributed by atoms with Gasteiger partial charge in [-0.25, -0.2) is 9.07 Å². The number of carbonyl (C=O) groups excluding carboxylic acids is 1. The minimum atomic E-state index is -1.53. The summed E-state index contributed by atoms with van der Waals surface area (Å²) >= 11 is 0. The summed E-state index contributed by atoms with van der Waals surface area (Å²) in [4.78, 5) is 16.1. The Bertz CT molecular complexity index is 1600. The van der Waals surface area contributed by atoms with Crippen molar-refractivity contribution in [1.29, 1.82) is 5.26 Å². The molecule has 7 nitrogen and oxygen atoms in total. The molecule has 0 saturated heterocycles. The highest BCUT2D eigenvalue weighted by atomic mass is 19.1. The molecule has 0 saturated carbocycles. The van der Waals surface area contributed by atoms with E-state index in [1.165, 1.54) is 12.1 Å². The summed E-state index contributed by atoms with van der Waals surface area (Å²) in [6.45, 7) is 1.98. The van der Waals surface area contributed by atoms with Gasteiger partial charge in [-0.15, -0.1) is 0 Å². The molecule has 0 aliphatic carbocycles. The van der Waals surface area contributed by atoms with E-state index in [1.54, 1.807) is 28.6 Å². The van der Waals surface area contributed by atoms with E-state index in [2.05, 4.69) is 6.07 Å². The number of nitrogens with two attached hydrogens (primary N) is 1. The zero-order valence-corrected chi connectivity index (χ0v) is 19.3. The van der Waals surface area contributed by atoms with E-state index in [0.717, 1.165) is 11.3 Å². The lowest BCUT2D eigenvalue weighted by atomic mass is 9.69. The zero-order valence-electron chi connectivity index (χ0n) is 19.3.